The van der Waals surface area contributed by atoms with Gasteiger partial charge in [-0.25, -0.2) is 13.1 Å². The molecule has 0 radical (unpaired) electrons. The van der Waals surface area contributed by atoms with Crippen LogP contribution < -0.4 is 14.9 Å². The van der Waals surface area contributed by atoms with Gasteiger partial charge in [-0.2, -0.15) is 0 Å². The smallest absolute Gasteiger partial charge is 0.251 e. The van der Waals surface area contributed by atoms with Crippen molar-refractivity contribution in [3.63, 3.8) is 0 Å². The van der Waals surface area contributed by atoms with Crippen molar-refractivity contribution in [1.29, 1.82) is 0 Å². The van der Waals surface area contributed by atoms with E-state index in [1.54, 1.807) is 26.0 Å². The number of nitrogens with one attached hydrogen (secondary N) is 2. The van der Waals surface area contributed by atoms with Crippen LogP contribution in [0.3, 0.4) is 0 Å². The first kappa shape index (κ1) is 22.3. The minimum Gasteiger partial charge on any atom is -0.369 e. The molecule has 1 aliphatic heterocycles. The maximum Gasteiger partial charge on any atom is 0.251 e. The maximum atomic E-state index is 12.5. The molecule has 1 heterocycles. The van der Waals surface area contributed by atoms with Crippen molar-refractivity contribution in [3.8, 4) is 0 Å². The summed E-state index contributed by atoms with van der Waals surface area (Å²) in [5.41, 5.74) is 1.59. The topological polar surface area (TPSA) is 81.7 Å². The van der Waals surface area contributed by atoms with Crippen LogP contribution in [0.2, 0.25) is 0 Å². The highest BCUT2D eigenvalue weighted by atomic mass is 32.2. The highest BCUT2D eigenvalue weighted by molar-refractivity contribution is 7.89. The van der Waals surface area contributed by atoms with Crippen LogP contribution in [0.15, 0.2) is 59.5 Å². The summed E-state index contributed by atoms with van der Waals surface area (Å²) in [5, 5.41) is 2.90. The van der Waals surface area contributed by atoms with Gasteiger partial charge in [-0.05, 0) is 44.2 Å². The molecule has 1 fully saturated rings. The van der Waals surface area contributed by atoms with E-state index in [0.717, 1.165) is 32.7 Å². The number of nitrogens with zero attached hydrogens (tertiary/aromatic N) is 2. The summed E-state index contributed by atoms with van der Waals surface area (Å²) in [4.78, 5) is 17.3. The van der Waals surface area contributed by atoms with E-state index in [0.29, 0.717) is 12.1 Å². The second kappa shape index (κ2) is 10.1. The van der Waals surface area contributed by atoms with Crippen LogP contribution in [0.25, 0.3) is 0 Å². The fraction of sp³-hybridized carbons (Fsp3) is 0.409. The van der Waals surface area contributed by atoms with Crippen molar-refractivity contribution in [1.82, 2.24) is 14.9 Å². The molecule has 2 aromatic carbocycles. The van der Waals surface area contributed by atoms with E-state index in [4.69, 9.17) is 0 Å². The predicted molar refractivity (Wildman–Crippen MR) is 119 cm³/mol. The summed E-state index contributed by atoms with van der Waals surface area (Å²) in [6.45, 7) is 8.61. The molecule has 7 nitrogen and oxygen atoms in total. The Balaban J connectivity index is 1.47. The molecule has 1 saturated heterocycles. The van der Waals surface area contributed by atoms with Gasteiger partial charge in [0, 0.05) is 56.6 Å². The van der Waals surface area contributed by atoms with Crippen LogP contribution in [0.5, 0.6) is 0 Å². The van der Waals surface area contributed by atoms with Gasteiger partial charge in [-0.15, -0.1) is 0 Å². The van der Waals surface area contributed by atoms with Crippen molar-refractivity contribution in [3.05, 3.63) is 60.2 Å². The number of sulfonamides is 1. The lowest BCUT2D eigenvalue weighted by Crippen LogP contribution is -2.48. The van der Waals surface area contributed by atoms with E-state index in [1.165, 1.54) is 17.8 Å². The predicted octanol–water partition coefficient (Wildman–Crippen LogP) is 1.93. The van der Waals surface area contributed by atoms with Crippen molar-refractivity contribution >= 4 is 21.6 Å². The molecule has 30 heavy (non-hydrogen) atoms. The molecule has 1 aliphatic rings. The number of hydrogen-bond donors (Lipinski definition) is 2. The number of para-hydroxylation sites is 1. The molecular formula is C22H30N4O3S. The Morgan fingerprint density at radius 1 is 1.00 bits per heavy atom. The third-order valence-corrected chi connectivity index (χ3v) is 6.66. The van der Waals surface area contributed by atoms with Crippen LogP contribution >= 0.6 is 0 Å². The van der Waals surface area contributed by atoms with E-state index >= 15 is 0 Å². The van der Waals surface area contributed by atoms with Gasteiger partial charge in [-0.3, -0.25) is 9.69 Å². The molecule has 0 aromatic heterocycles. The SMILES string of the molecule is CC(C)NS(=O)(=O)c1cccc(C(=O)NCCN2CCN(c3ccccc3)CC2)c1. The standard InChI is InChI=1S/C22H30N4O3S/c1-18(2)24-30(28,29)21-10-6-7-19(17-21)22(27)23-11-12-25-13-15-26(16-14-25)20-8-4-3-5-9-20/h3-10,17-18,24H,11-16H2,1-2H3,(H,23,27). The molecule has 8 heteroatoms. The zero-order chi connectivity index (χ0) is 21.6. The number of rotatable bonds is 8. The fourth-order valence-corrected chi connectivity index (χ4v) is 4.78. The molecule has 0 bridgehead atoms. The Labute approximate surface area is 179 Å². The van der Waals surface area contributed by atoms with Crippen LogP contribution in [-0.2, 0) is 10.0 Å². The van der Waals surface area contributed by atoms with Crippen LogP contribution in [-0.4, -0.2) is 64.5 Å². The van der Waals surface area contributed by atoms with Gasteiger partial charge in [0.25, 0.3) is 5.91 Å². The molecule has 1 amide bonds. The van der Waals surface area contributed by atoms with E-state index in [2.05, 4.69) is 44.1 Å². The monoisotopic (exact) mass is 430 g/mol. The number of amides is 1. The summed E-state index contributed by atoms with van der Waals surface area (Å²) in [6, 6.07) is 16.3. The molecule has 0 saturated carbocycles. The summed E-state index contributed by atoms with van der Waals surface area (Å²) in [7, 11) is -3.62. The van der Waals surface area contributed by atoms with Gasteiger partial charge in [-0.1, -0.05) is 24.3 Å². The zero-order valence-corrected chi connectivity index (χ0v) is 18.4. The quantitative estimate of drug-likeness (QED) is 0.669. The number of anilines is 1. The van der Waals surface area contributed by atoms with Crippen LogP contribution in [0.1, 0.15) is 24.2 Å². The Bertz CT molecular complexity index is 940. The second-order valence-electron chi connectivity index (χ2n) is 7.72. The molecule has 2 aromatic rings. The van der Waals surface area contributed by atoms with Gasteiger partial charge < -0.3 is 10.2 Å². The van der Waals surface area contributed by atoms with Crippen molar-refractivity contribution in [2.75, 3.05) is 44.2 Å². The first-order chi connectivity index (χ1) is 14.3. The lowest BCUT2D eigenvalue weighted by atomic mass is 10.2. The van der Waals surface area contributed by atoms with E-state index < -0.39 is 10.0 Å². The van der Waals surface area contributed by atoms with E-state index in [9.17, 15) is 13.2 Å². The third-order valence-electron chi connectivity index (χ3n) is 5.00. The fourth-order valence-electron chi connectivity index (χ4n) is 3.48. The molecular weight excluding hydrogens is 400 g/mol. The van der Waals surface area contributed by atoms with Gasteiger partial charge >= 0.3 is 0 Å². The van der Waals surface area contributed by atoms with Gasteiger partial charge in [0.05, 0.1) is 4.90 Å². The van der Waals surface area contributed by atoms with Gasteiger partial charge in [0.1, 0.15) is 0 Å². The van der Waals surface area contributed by atoms with Gasteiger partial charge in [0.15, 0.2) is 0 Å². The molecule has 0 spiro atoms. The Hall–Kier alpha value is -2.42. The molecule has 3 rings (SSSR count). The maximum absolute atomic E-state index is 12.5. The Morgan fingerprint density at radius 3 is 2.37 bits per heavy atom. The summed E-state index contributed by atoms with van der Waals surface area (Å²) < 4.78 is 27.2. The van der Waals surface area contributed by atoms with Gasteiger partial charge in [0.2, 0.25) is 10.0 Å². The lowest BCUT2D eigenvalue weighted by molar-refractivity contribution is 0.0947. The average molecular weight is 431 g/mol. The zero-order valence-electron chi connectivity index (χ0n) is 17.5. The number of piperazine rings is 1. The van der Waals surface area contributed by atoms with Crippen LogP contribution in [0, 0.1) is 0 Å². The number of carbonyl (C=O) groups excluding carboxylic acids is 1. The summed E-state index contributed by atoms with van der Waals surface area (Å²) >= 11 is 0. The molecule has 0 aliphatic carbocycles. The lowest BCUT2D eigenvalue weighted by Gasteiger charge is -2.36. The first-order valence-corrected chi connectivity index (χ1v) is 11.8. The number of benzene rings is 2. The largest absolute Gasteiger partial charge is 0.369 e. The Kier molecular flexibility index (Phi) is 7.47. The van der Waals surface area contributed by atoms with E-state index in [1.807, 2.05) is 6.07 Å². The second-order valence-corrected chi connectivity index (χ2v) is 9.44. The molecule has 162 valence electrons. The normalized spacial score (nSPS) is 15.4. The first-order valence-electron chi connectivity index (χ1n) is 10.3. The molecule has 0 atom stereocenters. The number of carbonyl (C=O) groups is 1. The molecule has 2 N–H and O–H groups in total. The van der Waals surface area contributed by atoms with Crippen molar-refractivity contribution in [2.45, 2.75) is 24.8 Å². The average Bonchev–Trinajstić information content (AvgIpc) is 2.74. The minimum absolute atomic E-state index is 0.0980. The Morgan fingerprint density at radius 2 is 1.70 bits per heavy atom. The highest BCUT2D eigenvalue weighted by Gasteiger charge is 2.19. The minimum atomic E-state index is -3.62. The number of hydrogen-bond acceptors (Lipinski definition) is 5. The highest BCUT2D eigenvalue weighted by Crippen LogP contribution is 2.15. The van der Waals surface area contributed by atoms with Crippen molar-refractivity contribution in [2.24, 2.45) is 0 Å². The molecule has 0 unspecified atom stereocenters. The van der Waals surface area contributed by atoms with E-state index in [-0.39, 0.29) is 16.8 Å². The van der Waals surface area contributed by atoms with Crippen LogP contribution in [0.4, 0.5) is 5.69 Å². The third kappa shape index (κ3) is 6.04. The van der Waals surface area contributed by atoms with Crippen molar-refractivity contribution < 1.29 is 13.2 Å². The summed E-state index contributed by atoms with van der Waals surface area (Å²) in [5.74, 6) is -0.264. The summed E-state index contributed by atoms with van der Waals surface area (Å²) in [6.07, 6.45) is 0.